The fourth-order valence-corrected chi connectivity index (χ4v) is 1.81. The van der Waals surface area contributed by atoms with E-state index in [0.717, 1.165) is 11.8 Å². The number of hydrogen-bond donors (Lipinski definition) is 1. The summed E-state index contributed by atoms with van der Waals surface area (Å²) in [5, 5.41) is 3.01. The summed E-state index contributed by atoms with van der Waals surface area (Å²) in [4.78, 5) is 4.21. The average Bonchev–Trinajstić information content (AvgIpc) is 2.74. The molecule has 5 heteroatoms. The van der Waals surface area contributed by atoms with Crippen molar-refractivity contribution < 1.29 is 8.78 Å². The standard InChI is InChI=1S/C13H15F2N3/c1-16-7-13-8-18(9-17-13)3-2-10-4-11(14)6-12(15)5-10/h4-6,8-9,16H,2-3,7H2,1H3. The quantitative estimate of drug-likeness (QED) is 0.882. The second-order valence-electron chi connectivity index (χ2n) is 4.16. The summed E-state index contributed by atoms with van der Waals surface area (Å²) in [6.45, 7) is 1.36. The lowest BCUT2D eigenvalue weighted by atomic mass is 10.1. The molecule has 0 amide bonds. The van der Waals surface area contributed by atoms with Crippen LogP contribution in [0.3, 0.4) is 0 Å². The lowest BCUT2D eigenvalue weighted by molar-refractivity contribution is 0.576. The van der Waals surface area contributed by atoms with Crippen molar-refractivity contribution in [3.05, 3.63) is 53.6 Å². The van der Waals surface area contributed by atoms with Gasteiger partial charge in [0.25, 0.3) is 0 Å². The summed E-state index contributed by atoms with van der Waals surface area (Å²) in [7, 11) is 1.86. The monoisotopic (exact) mass is 251 g/mol. The smallest absolute Gasteiger partial charge is 0.126 e. The third-order valence-electron chi connectivity index (χ3n) is 2.63. The van der Waals surface area contributed by atoms with Crippen LogP contribution < -0.4 is 5.32 Å². The van der Waals surface area contributed by atoms with Crippen LogP contribution >= 0.6 is 0 Å². The lowest BCUT2D eigenvalue weighted by Gasteiger charge is -2.03. The summed E-state index contributed by atoms with van der Waals surface area (Å²) in [6, 6.07) is 3.59. The van der Waals surface area contributed by atoms with E-state index >= 15 is 0 Å². The molecule has 0 fully saturated rings. The highest BCUT2D eigenvalue weighted by Gasteiger charge is 2.02. The summed E-state index contributed by atoms with van der Waals surface area (Å²) < 4.78 is 27.9. The van der Waals surface area contributed by atoms with Crippen LogP contribution in [0.4, 0.5) is 8.78 Å². The highest BCUT2D eigenvalue weighted by Crippen LogP contribution is 2.09. The molecule has 2 aromatic rings. The molecule has 0 saturated carbocycles. The van der Waals surface area contributed by atoms with E-state index in [-0.39, 0.29) is 0 Å². The van der Waals surface area contributed by atoms with Crippen molar-refractivity contribution >= 4 is 0 Å². The van der Waals surface area contributed by atoms with Crippen LogP contribution in [-0.4, -0.2) is 16.6 Å². The van der Waals surface area contributed by atoms with E-state index in [0.29, 0.717) is 25.1 Å². The third kappa shape index (κ3) is 3.37. The first kappa shape index (κ1) is 12.7. The van der Waals surface area contributed by atoms with E-state index in [2.05, 4.69) is 10.3 Å². The maximum Gasteiger partial charge on any atom is 0.126 e. The normalized spacial score (nSPS) is 10.8. The van der Waals surface area contributed by atoms with Gasteiger partial charge in [0, 0.05) is 25.4 Å². The summed E-state index contributed by atoms with van der Waals surface area (Å²) >= 11 is 0. The van der Waals surface area contributed by atoms with E-state index in [1.54, 1.807) is 6.33 Å². The molecule has 18 heavy (non-hydrogen) atoms. The number of aromatic nitrogens is 2. The van der Waals surface area contributed by atoms with Crippen molar-refractivity contribution in [1.82, 2.24) is 14.9 Å². The van der Waals surface area contributed by atoms with Gasteiger partial charge in [0.2, 0.25) is 0 Å². The maximum atomic E-state index is 13.0. The Morgan fingerprint density at radius 3 is 2.61 bits per heavy atom. The first-order chi connectivity index (χ1) is 8.67. The van der Waals surface area contributed by atoms with Crippen molar-refractivity contribution in [3.63, 3.8) is 0 Å². The molecule has 1 aromatic heterocycles. The molecule has 0 aliphatic heterocycles. The van der Waals surface area contributed by atoms with E-state index in [1.165, 1.54) is 12.1 Å². The Balaban J connectivity index is 1.97. The number of aryl methyl sites for hydroxylation is 2. The molecule has 0 spiro atoms. The Kier molecular flexibility index (Phi) is 4.04. The topological polar surface area (TPSA) is 29.9 Å². The van der Waals surface area contributed by atoms with Gasteiger partial charge in [-0.05, 0) is 31.2 Å². The van der Waals surface area contributed by atoms with Gasteiger partial charge >= 0.3 is 0 Å². The Bertz CT molecular complexity index is 502. The summed E-state index contributed by atoms with van der Waals surface area (Å²) in [6.07, 6.45) is 4.22. The third-order valence-corrected chi connectivity index (χ3v) is 2.63. The minimum absolute atomic E-state index is 0.536. The van der Waals surface area contributed by atoms with Crippen LogP contribution in [0.5, 0.6) is 0 Å². The molecule has 2 rings (SSSR count). The highest BCUT2D eigenvalue weighted by molar-refractivity contribution is 5.18. The van der Waals surface area contributed by atoms with Crippen molar-refractivity contribution in [1.29, 1.82) is 0 Å². The first-order valence-electron chi connectivity index (χ1n) is 5.77. The second-order valence-corrected chi connectivity index (χ2v) is 4.16. The van der Waals surface area contributed by atoms with E-state index < -0.39 is 11.6 Å². The van der Waals surface area contributed by atoms with Gasteiger partial charge in [-0.25, -0.2) is 13.8 Å². The summed E-state index contributed by atoms with van der Waals surface area (Å²) in [5.41, 5.74) is 1.60. The van der Waals surface area contributed by atoms with Crippen LogP contribution in [0.2, 0.25) is 0 Å². The Morgan fingerprint density at radius 1 is 1.22 bits per heavy atom. The molecule has 0 aliphatic carbocycles. The lowest BCUT2D eigenvalue weighted by Crippen LogP contribution is -2.05. The van der Waals surface area contributed by atoms with Gasteiger partial charge in [0.05, 0.1) is 12.0 Å². The maximum absolute atomic E-state index is 13.0. The number of hydrogen-bond acceptors (Lipinski definition) is 2. The van der Waals surface area contributed by atoms with Crippen LogP contribution in [-0.2, 0) is 19.5 Å². The van der Waals surface area contributed by atoms with Crippen molar-refractivity contribution in [2.75, 3.05) is 7.05 Å². The Hall–Kier alpha value is -1.75. The van der Waals surface area contributed by atoms with Gasteiger partial charge in [0.15, 0.2) is 0 Å². The number of benzene rings is 1. The Labute approximate surface area is 104 Å². The van der Waals surface area contributed by atoms with Gasteiger partial charge in [-0.3, -0.25) is 0 Å². The minimum Gasteiger partial charge on any atom is -0.337 e. The molecule has 0 radical (unpaired) electrons. The number of nitrogens with one attached hydrogen (secondary N) is 1. The molecule has 3 nitrogen and oxygen atoms in total. The molecular formula is C13H15F2N3. The van der Waals surface area contributed by atoms with Crippen LogP contribution in [0, 0.1) is 11.6 Å². The number of halogens is 2. The SMILES string of the molecule is CNCc1cn(CCc2cc(F)cc(F)c2)cn1. The zero-order chi connectivity index (χ0) is 13.0. The molecule has 1 N–H and O–H groups in total. The number of nitrogens with zero attached hydrogens (tertiary/aromatic N) is 2. The molecule has 0 aliphatic rings. The van der Waals surface area contributed by atoms with Gasteiger partial charge in [-0.2, -0.15) is 0 Å². The largest absolute Gasteiger partial charge is 0.337 e. The van der Waals surface area contributed by atoms with Gasteiger partial charge < -0.3 is 9.88 Å². The summed E-state index contributed by atoms with van der Waals surface area (Å²) in [5.74, 6) is -1.07. The zero-order valence-electron chi connectivity index (χ0n) is 10.2. The van der Waals surface area contributed by atoms with Crippen LogP contribution in [0.25, 0.3) is 0 Å². The number of imidazole rings is 1. The molecule has 0 unspecified atom stereocenters. The zero-order valence-corrected chi connectivity index (χ0v) is 10.2. The first-order valence-corrected chi connectivity index (χ1v) is 5.77. The molecule has 96 valence electrons. The molecular weight excluding hydrogens is 236 g/mol. The van der Waals surface area contributed by atoms with Gasteiger partial charge in [-0.1, -0.05) is 0 Å². The molecule has 1 aromatic carbocycles. The second kappa shape index (κ2) is 5.73. The highest BCUT2D eigenvalue weighted by atomic mass is 19.1. The van der Waals surface area contributed by atoms with Crippen molar-refractivity contribution in [2.45, 2.75) is 19.5 Å². The molecule has 0 atom stereocenters. The molecule has 0 bridgehead atoms. The fourth-order valence-electron chi connectivity index (χ4n) is 1.81. The van der Waals surface area contributed by atoms with Gasteiger partial charge in [0.1, 0.15) is 11.6 Å². The minimum atomic E-state index is -0.536. The van der Waals surface area contributed by atoms with E-state index in [4.69, 9.17) is 0 Å². The molecule has 1 heterocycles. The van der Waals surface area contributed by atoms with Crippen LogP contribution in [0.15, 0.2) is 30.7 Å². The van der Waals surface area contributed by atoms with E-state index in [1.807, 2.05) is 17.8 Å². The van der Waals surface area contributed by atoms with Crippen LogP contribution in [0.1, 0.15) is 11.3 Å². The fraction of sp³-hybridized carbons (Fsp3) is 0.308. The average molecular weight is 251 g/mol. The van der Waals surface area contributed by atoms with Crippen molar-refractivity contribution in [3.8, 4) is 0 Å². The van der Waals surface area contributed by atoms with Gasteiger partial charge in [-0.15, -0.1) is 0 Å². The predicted molar refractivity (Wildman–Crippen MR) is 65.1 cm³/mol. The van der Waals surface area contributed by atoms with E-state index in [9.17, 15) is 8.78 Å². The van der Waals surface area contributed by atoms with Crippen molar-refractivity contribution in [2.24, 2.45) is 0 Å². The molecule has 0 saturated heterocycles. The Morgan fingerprint density at radius 2 is 1.94 bits per heavy atom. The predicted octanol–water partition coefficient (Wildman–Crippen LogP) is 2.12. The number of rotatable bonds is 5.